The summed E-state index contributed by atoms with van der Waals surface area (Å²) in [5.41, 5.74) is 1.96. The van der Waals surface area contributed by atoms with Gasteiger partial charge < -0.3 is 65.2 Å². The Morgan fingerprint density at radius 2 is 0.926 bits per heavy atom. The van der Waals surface area contributed by atoms with Crippen LogP contribution in [0.4, 0.5) is 0 Å². The molecule has 13 atom stereocenters. The molecule has 2 aliphatic rings. The van der Waals surface area contributed by atoms with Crippen molar-refractivity contribution in [2.45, 2.75) is 226 Å². The van der Waals surface area contributed by atoms with Crippen LogP contribution < -0.4 is 16.0 Å². The van der Waals surface area contributed by atoms with Crippen molar-refractivity contribution in [2.24, 2.45) is 29.6 Å². The number of aliphatic hydroxyl groups is 1. The molecule has 0 spiro atoms. The molecule has 0 unspecified atom stereocenters. The van der Waals surface area contributed by atoms with E-state index in [0.29, 0.717) is 36.2 Å². The maximum atomic E-state index is 15.6. The van der Waals surface area contributed by atoms with E-state index in [1.165, 1.54) is 99.6 Å². The van der Waals surface area contributed by atoms with Gasteiger partial charge in [0.05, 0.1) is 18.6 Å². The Bertz CT molecular complexity index is 3540. The van der Waals surface area contributed by atoms with Crippen LogP contribution >= 0.6 is 0 Å². The fourth-order valence-corrected chi connectivity index (χ4v) is 14.1. The molecule has 4 N–H and O–H groups in total. The van der Waals surface area contributed by atoms with Gasteiger partial charge in [-0.05, 0) is 99.2 Å². The van der Waals surface area contributed by atoms with Gasteiger partial charge in [-0.25, -0.2) is 0 Å². The maximum Gasteiger partial charge on any atom is 0.248 e. The fourth-order valence-electron chi connectivity index (χ4n) is 14.1. The van der Waals surface area contributed by atoms with E-state index in [9.17, 15) is 24.3 Å². The van der Waals surface area contributed by atoms with Crippen LogP contribution in [0.15, 0.2) is 91.0 Å². The van der Waals surface area contributed by atoms with E-state index in [2.05, 4.69) is 16.0 Å². The molecule has 2 saturated heterocycles. The highest BCUT2D eigenvalue weighted by molar-refractivity contribution is 6.00. The van der Waals surface area contributed by atoms with E-state index in [4.69, 9.17) is 0 Å². The first kappa shape index (κ1) is 89.6. The minimum Gasteiger partial charge on any atom is -0.391 e. The van der Waals surface area contributed by atoms with Gasteiger partial charge in [0, 0.05) is 108 Å². The molecule has 26 heteroatoms. The number of likely N-dealkylation sites (N-methyl/N-ethyl adjacent to an activating group) is 7. The van der Waals surface area contributed by atoms with Gasteiger partial charge in [0.1, 0.15) is 54.4 Å². The molecular weight excluding hydrogens is 1380 g/mol. The number of nitrogens with zero attached hydrogens (tertiary/aromatic N) is 9. The molecule has 5 rings (SSSR count). The van der Waals surface area contributed by atoms with Crippen LogP contribution in [0.25, 0.3) is 0 Å². The van der Waals surface area contributed by atoms with E-state index < -0.39 is 162 Å². The number of Topliss-reactive ketones (excluding diaryl/α,β-unsaturated/α-hetero) is 1. The van der Waals surface area contributed by atoms with Crippen molar-refractivity contribution in [1.29, 1.82) is 0 Å². The molecule has 2 aliphatic heterocycles. The van der Waals surface area contributed by atoms with Crippen molar-refractivity contribution in [2.75, 3.05) is 76.0 Å². The van der Waals surface area contributed by atoms with Crippen molar-refractivity contribution < 1.29 is 67.4 Å². The molecule has 596 valence electrons. The molecule has 26 nitrogen and oxygen atoms in total. The highest BCUT2D eigenvalue weighted by atomic mass is 16.3. The number of carbonyl (C=O) groups is 13. The predicted octanol–water partition coefficient (Wildman–Crippen LogP) is 5.40. The van der Waals surface area contributed by atoms with Crippen LogP contribution in [0.5, 0.6) is 0 Å². The summed E-state index contributed by atoms with van der Waals surface area (Å²) < 4.78 is 0. The third-order valence-electron chi connectivity index (χ3n) is 21.4. The quantitative estimate of drug-likeness (QED) is 0.104. The van der Waals surface area contributed by atoms with Crippen LogP contribution in [0, 0.1) is 29.6 Å². The lowest BCUT2D eigenvalue weighted by Gasteiger charge is -2.40. The minimum atomic E-state index is -1.74. The maximum absolute atomic E-state index is 15.6. The molecule has 0 aliphatic carbocycles. The lowest BCUT2D eigenvalue weighted by atomic mass is 9.93. The summed E-state index contributed by atoms with van der Waals surface area (Å²) in [6, 6.07) is 13.0. The summed E-state index contributed by atoms with van der Waals surface area (Å²) in [6.07, 6.45) is 0.0637. The molecule has 0 radical (unpaired) electrons. The Morgan fingerprint density at radius 1 is 0.500 bits per heavy atom. The third kappa shape index (κ3) is 24.7. The summed E-state index contributed by atoms with van der Waals surface area (Å²) in [4.78, 5) is 207. The van der Waals surface area contributed by atoms with Gasteiger partial charge in [-0.2, -0.15) is 0 Å². The second kappa shape index (κ2) is 42.0. The summed E-state index contributed by atoms with van der Waals surface area (Å²) in [6.45, 7) is 20.0. The highest BCUT2D eigenvalue weighted by Gasteiger charge is 2.45. The number of aliphatic hydroxyl groups excluding tert-OH is 1. The van der Waals surface area contributed by atoms with Crippen LogP contribution in [0.2, 0.25) is 0 Å². The van der Waals surface area contributed by atoms with Crippen molar-refractivity contribution in [3.8, 4) is 0 Å². The minimum absolute atomic E-state index is 0.00756. The summed E-state index contributed by atoms with van der Waals surface area (Å²) in [7, 11) is 11.3. The van der Waals surface area contributed by atoms with E-state index in [0.717, 1.165) is 29.1 Å². The number of hydrogen-bond acceptors (Lipinski definition) is 14. The Kier molecular flexibility index (Phi) is 34.9. The largest absolute Gasteiger partial charge is 0.391 e. The number of benzene rings is 3. The lowest BCUT2D eigenvalue weighted by molar-refractivity contribution is -0.154. The molecule has 3 aromatic rings. The first-order valence-electron chi connectivity index (χ1n) is 38.4. The number of likely N-dealkylation sites (tertiary alicyclic amines) is 1. The Balaban J connectivity index is 1.69. The fraction of sp³-hybridized carbons (Fsp3) is 0.622. The third-order valence-corrected chi connectivity index (χ3v) is 21.4. The zero-order valence-corrected chi connectivity index (χ0v) is 67.5. The van der Waals surface area contributed by atoms with E-state index in [1.54, 1.807) is 110 Å². The molecule has 2 heterocycles. The van der Waals surface area contributed by atoms with Crippen molar-refractivity contribution >= 4 is 76.7 Å². The number of amides is 12. The van der Waals surface area contributed by atoms with E-state index in [1.807, 2.05) is 48.5 Å². The standard InChI is InChI=1S/C82H124N12O14/c1-20-54(8)71-81(107)92(18)65(44-52(4)5)78(104)87(13)56(10)76(102)89(15)63(43-51(2)3)73(99)83-61(77(103)88(14)62(47-58-33-25-21-26-34-58)68(96)46-55(9)75(101)94-40-31-24-32-41-94)50-70(98)86(12)42-39-69(97)84-72(57(11)95)82(108)93(19)67(49-60-37-29-23-30-38-60)80(106)91(17)66(45-53(6)7)79(105)90(16)64(74(100)85-71)48-59-35-27-22-28-36-59/h21-23,25-30,33-38,51-57,61-67,71-72,95H,20,24,31-32,39-50H2,1-19H3,(H,83,99)(H,84,97)(H,85,100)/t54-,55+,56-,57+,61-,62-,63-,64-,65-,66-,67-,71-,72-/m0/s1. The second-order valence-electron chi connectivity index (χ2n) is 31.3. The number of nitrogens with one attached hydrogen (secondary N) is 3. The molecule has 3 aromatic carbocycles. The lowest BCUT2D eigenvalue weighted by Crippen LogP contribution is -2.62. The van der Waals surface area contributed by atoms with Gasteiger partial charge >= 0.3 is 0 Å². The number of carbonyl (C=O) groups excluding carboxylic acids is 13. The molecule has 0 saturated carbocycles. The van der Waals surface area contributed by atoms with Crippen LogP contribution in [0.1, 0.15) is 157 Å². The molecular formula is C82H124N12O14. The first-order chi connectivity index (χ1) is 50.8. The van der Waals surface area contributed by atoms with Gasteiger partial charge in [-0.15, -0.1) is 0 Å². The van der Waals surface area contributed by atoms with E-state index >= 15 is 43.2 Å². The first-order valence-corrected chi connectivity index (χ1v) is 38.4. The smallest absolute Gasteiger partial charge is 0.248 e. The normalized spacial score (nSPS) is 23.9. The van der Waals surface area contributed by atoms with Gasteiger partial charge in [0.25, 0.3) is 0 Å². The molecule has 2 fully saturated rings. The molecule has 12 amide bonds. The van der Waals surface area contributed by atoms with Gasteiger partial charge in [-0.3, -0.25) is 62.3 Å². The van der Waals surface area contributed by atoms with E-state index in [-0.39, 0.29) is 75.2 Å². The predicted molar refractivity (Wildman–Crippen MR) is 413 cm³/mol. The Hall–Kier alpha value is -9.07. The number of piperidine rings is 1. The zero-order chi connectivity index (χ0) is 80.7. The van der Waals surface area contributed by atoms with Gasteiger partial charge in [0.15, 0.2) is 5.78 Å². The highest BCUT2D eigenvalue weighted by Crippen LogP contribution is 2.26. The molecule has 108 heavy (non-hydrogen) atoms. The number of hydrogen-bond donors (Lipinski definition) is 4. The number of rotatable bonds is 21. The zero-order valence-electron chi connectivity index (χ0n) is 67.5. The topological polar surface area (TPSA) is 307 Å². The van der Waals surface area contributed by atoms with Gasteiger partial charge in [0.2, 0.25) is 70.9 Å². The average molecular weight is 1500 g/mol. The van der Waals surface area contributed by atoms with Crippen molar-refractivity contribution in [1.82, 2.24) is 60.0 Å². The average Bonchev–Trinajstić information content (AvgIpc) is 0.788. The summed E-state index contributed by atoms with van der Waals surface area (Å²) in [5, 5.41) is 19.8. The van der Waals surface area contributed by atoms with Gasteiger partial charge in [-0.1, -0.05) is 160 Å². The van der Waals surface area contributed by atoms with Crippen LogP contribution in [-0.2, 0) is 81.6 Å². The van der Waals surface area contributed by atoms with Crippen LogP contribution in [-0.4, -0.2) is 268 Å². The Labute approximate surface area is 640 Å². The van der Waals surface area contributed by atoms with Crippen molar-refractivity contribution in [3.63, 3.8) is 0 Å². The molecule has 0 aromatic heterocycles. The number of ketones is 1. The SMILES string of the molecule is CC[C@H](C)[C@@H]1NC(=O)[C@H](Cc2ccccc2)N(C)C(=O)[C@H](CC(C)C)N(C)C(=O)[C@H](Cc2ccccc2)N(C)C(=O)[C@H]([C@@H](C)O)NC(=O)CCN(C)C(=O)C[C@@H](C(=O)N(C)[C@@H](Cc2ccccc2)C(=O)C[C@@H](C)C(=O)N2CCCCC2)NC(=O)[C@H](CC(C)C)N(C)C(=O)[C@H](C)N(C)C(=O)[C@H](CC(C)C)N(C)C1=O. The van der Waals surface area contributed by atoms with Crippen LogP contribution in [0.3, 0.4) is 0 Å². The summed E-state index contributed by atoms with van der Waals surface area (Å²) in [5.74, 6) is -10.9. The Morgan fingerprint density at radius 3 is 1.43 bits per heavy atom. The second-order valence-corrected chi connectivity index (χ2v) is 31.3. The monoisotopic (exact) mass is 1500 g/mol. The van der Waals surface area contributed by atoms with Crippen molar-refractivity contribution in [3.05, 3.63) is 108 Å². The summed E-state index contributed by atoms with van der Waals surface area (Å²) >= 11 is 0. The molecule has 0 bridgehead atoms.